The van der Waals surface area contributed by atoms with Gasteiger partial charge in [-0.2, -0.15) is 0 Å². The van der Waals surface area contributed by atoms with Gasteiger partial charge in [0.25, 0.3) is 0 Å². The predicted octanol–water partition coefficient (Wildman–Crippen LogP) is 5.01. The number of thioether (sulfide) groups is 1. The van der Waals surface area contributed by atoms with E-state index in [0.717, 1.165) is 5.56 Å². The number of ether oxygens (including phenoxy) is 1. The summed E-state index contributed by atoms with van der Waals surface area (Å²) in [6.07, 6.45) is 3.34. The Hall–Kier alpha value is -1.98. The maximum absolute atomic E-state index is 11.5. The first-order chi connectivity index (χ1) is 14.9. The number of aromatic nitrogens is 6. The minimum absolute atomic E-state index is 0.188. The number of halogens is 3. The van der Waals surface area contributed by atoms with Gasteiger partial charge in [0.15, 0.2) is 14.8 Å². The van der Waals surface area contributed by atoms with Crippen molar-refractivity contribution in [2.75, 3.05) is 12.4 Å². The summed E-state index contributed by atoms with van der Waals surface area (Å²) in [6.45, 7) is 2.53. The molecule has 0 aliphatic rings. The summed E-state index contributed by atoms with van der Waals surface area (Å²) in [6, 6.07) is 3.46. The van der Waals surface area contributed by atoms with Crippen LogP contribution in [-0.4, -0.2) is 48.3 Å². The molecule has 0 aliphatic carbocycles. The molecule has 0 atom stereocenters. The van der Waals surface area contributed by atoms with Gasteiger partial charge in [-0.1, -0.05) is 63.1 Å². The highest BCUT2D eigenvalue weighted by molar-refractivity contribution is 8.01. The van der Waals surface area contributed by atoms with Crippen molar-refractivity contribution in [2.45, 2.75) is 17.8 Å². The SMILES string of the molecule is CCOC(=O)CSc1nc2ncc(-c3cn(Cc4cc(Cl)c(Cl)c(Cl)c4)nn3)nc2s1. The van der Waals surface area contributed by atoms with E-state index in [4.69, 9.17) is 39.5 Å². The first kappa shape index (κ1) is 22.2. The van der Waals surface area contributed by atoms with Gasteiger partial charge in [0.05, 0.1) is 46.4 Å². The molecule has 0 bridgehead atoms. The van der Waals surface area contributed by atoms with E-state index >= 15 is 0 Å². The number of nitrogens with zero attached hydrogens (tertiary/aromatic N) is 6. The summed E-state index contributed by atoms with van der Waals surface area (Å²) < 4.78 is 7.26. The fourth-order valence-electron chi connectivity index (χ4n) is 2.59. The van der Waals surface area contributed by atoms with E-state index in [1.165, 1.54) is 23.1 Å². The summed E-state index contributed by atoms with van der Waals surface area (Å²) in [7, 11) is 0. The lowest BCUT2D eigenvalue weighted by atomic mass is 10.2. The van der Waals surface area contributed by atoms with Crippen LogP contribution >= 0.6 is 57.9 Å². The van der Waals surface area contributed by atoms with Gasteiger partial charge >= 0.3 is 5.97 Å². The van der Waals surface area contributed by atoms with E-state index in [-0.39, 0.29) is 11.7 Å². The van der Waals surface area contributed by atoms with Gasteiger partial charge in [0.2, 0.25) is 0 Å². The molecule has 0 fully saturated rings. The number of hydrogen-bond donors (Lipinski definition) is 0. The van der Waals surface area contributed by atoms with Crippen molar-refractivity contribution >= 4 is 74.3 Å². The second-order valence-corrected chi connectivity index (χ2v) is 9.52. The molecule has 0 saturated carbocycles. The van der Waals surface area contributed by atoms with Crippen molar-refractivity contribution < 1.29 is 9.53 Å². The monoisotopic (exact) mass is 514 g/mol. The number of esters is 1. The summed E-state index contributed by atoms with van der Waals surface area (Å²) in [5.74, 6) is -0.0960. The van der Waals surface area contributed by atoms with Crippen molar-refractivity contribution in [3.63, 3.8) is 0 Å². The van der Waals surface area contributed by atoms with E-state index < -0.39 is 0 Å². The molecule has 31 heavy (non-hydrogen) atoms. The summed E-state index contributed by atoms with van der Waals surface area (Å²) in [5, 5.41) is 9.38. The summed E-state index contributed by atoms with van der Waals surface area (Å²) >= 11 is 20.8. The van der Waals surface area contributed by atoms with Crippen molar-refractivity contribution in [1.29, 1.82) is 0 Å². The lowest BCUT2D eigenvalue weighted by Crippen LogP contribution is -2.06. The Labute approximate surface area is 199 Å². The van der Waals surface area contributed by atoms with Crippen molar-refractivity contribution in [3.8, 4) is 11.4 Å². The highest BCUT2D eigenvalue weighted by Crippen LogP contribution is 2.32. The van der Waals surface area contributed by atoms with Gasteiger partial charge < -0.3 is 4.74 Å². The quantitative estimate of drug-likeness (QED) is 0.193. The molecule has 0 radical (unpaired) electrons. The Kier molecular flexibility index (Phi) is 6.92. The number of carbonyl (C=O) groups is 1. The van der Waals surface area contributed by atoms with E-state index in [2.05, 4.69) is 25.3 Å². The van der Waals surface area contributed by atoms with Crippen LogP contribution < -0.4 is 0 Å². The Bertz CT molecular complexity index is 1240. The van der Waals surface area contributed by atoms with Crippen LogP contribution in [0.4, 0.5) is 0 Å². The molecule has 160 valence electrons. The maximum atomic E-state index is 11.5. The zero-order chi connectivity index (χ0) is 22.0. The average Bonchev–Trinajstić information content (AvgIpc) is 3.36. The third kappa shape index (κ3) is 5.27. The van der Waals surface area contributed by atoms with E-state index in [9.17, 15) is 4.79 Å². The number of carbonyl (C=O) groups excluding carboxylic acids is 1. The van der Waals surface area contributed by atoms with Crippen LogP contribution in [0.5, 0.6) is 0 Å². The van der Waals surface area contributed by atoms with Crippen LogP contribution in [0.1, 0.15) is 12.5 Å². The molecule has 0 N–H and O–H groups in total. The molecule has 0 aliphatic heterocycles. The second kappa shape index (κ2) is 9.66. The largest absolute Gasteiger partial charge is 0.465 e. The minimum Gasteiger partial charge on any atom is -0.465 e. The molecule has 4 aromatic rings. The fourth-order valence-corrected chi connectivity index (χ4v) is 4.99. The molecule has 0 unspecified atom stereocenters. The smallest absolute Gasteiger partial charge is 0.316 e. The number of hydrogen-bond acceptors (Lipinski definition) is 9. The Balaban J connectivity index is 1.50. The Morgan fingerprint density at radius 1 is 1.19 bits per heavy atom. The van der Waals surface area contributed by atoms with Gasteiger partial charge in [0.1, 0.15) is 11.4 Å². The summed E-state index contributed by atoms with van der Waals surface area (Å²) in [4.78, 5) is 25.5. The molecular weight excluding hydrogens is 503 g/mol. The highest BCUT2D eigenvalue weighted by Gasteiger charge is 2.14. The molecule has 3 aromatic heterocycles. The molecule has 4 rings (SSSR count). The summed E-state index contributed by atoms with van der Waals surface area (Å²) in [5.41, 5.74) is 2.48. The topological polar surface area (TPSA) is 95.7 Å². The van der Waals surface area contributed by atoms with Gasteiger partial charge in [0, 0.05) is 0 Å². The first-order valence-corrected chi connectivity index (χ1v) is 11.8. The zero-order valence-corrected chi connectivity index (χ0v) is 19.8. The lowest BCUT2D eigenvalue weighted by Gasteiger charge is -2.05. The Morgan fingerprint density at radius 2 is 1.97 bits per heavy atom. The first-order valence-electron chi connectivity index (χ1n) is 8.89. The van der Waals surface area contributed by atoms with Crippen LogP contribution in [0.2, 0.25) is 15.1 Å². The molecule has 0 saturated heterocycles. The van der Waals surface area contributed by atoms with Crippen molar-refractivity contribution in [3.05, 3.63) is 45.2 Å². The number of thiazole rings is 1. The van der Waals surface area contributed by atoms with Crippen molar-refractivity contribution in [1.82, 2.24) is 29.9 Å². The molecule has 0 amide bonds. The normalized spacial score (nSPS) is 11.2. The highest BCUT2D eigenvalue weighted by atomic mass is 35.5. The van der Waals surface area contributed by atoms with Crippen LogP contribution in [0.15, 0.2) is 28.9 Å². The lowest BCUT2D eigenvalue weighted by molar-refractivity contribution is -0.139. The minimum atomic E-state index is -0.284. The number of fused-ring (bicyclic) bond motifs is 1. The zero-order valence-electron chi connectivity index (χ0n) is 15.9. The standard InChI is InChI=1S/C18H13Cl3N6O2S2/c1-2-29-14(28)8-30-18-24-16-17(31-18)23-12(5-22-16)13-7-27(26-25-13)6-9-3-10(19)15(21)11(20)4-9/h3-5,7H,2,6,8H2,1H3. The van der Waals surface area contributed by atoms with Crippen LogP contribution in [-0.2, 0) is 16.1 Å². The van der Waals surface area contributed by atoms with Gasteiger partial charge in [-0.15, -0.1) is 5.10 Å². The molecule has 3 heterocycles. The van der Waals surface area contributed by atoms with Gasteiger partial charge in [-0.3, -0.25) is 4.79 Å². The number of rotatable bonds is 7. The molecule has 8 nitrogen and oxygen atoms in total. The van der Waals surface area contributed by atoms with Crippen LogP contribution in [0, 0.1) is 0 Å². The molecule has 0 spiro atoms. The fraction of sp³-hybridized carbons (Fsp3) is 0.222. The van der Waals surface area contributed by atoms with E-state index in [1.807, 2.05) is 0 Å². The third-order valence-electron chi connectivity index (χ3n) is 3.91. The third-order valence-corrected chi connectivity index (χ3v) is 7.16. The van der Waals surface area contributed by atoms with E-state index in [1.54, 1.807) is 36.1 Å². The maximum Gasteiger partial charge on any atom is 0.316 e. The predicted molar refractivity (Wildman–Crippen MR) is 122 cm³/mol. The van der Waals surface area contributed by atoms with Gasteiger partial charge in [-0.25, -0.2) is 19.6 Å². The second-order valence-electron chi connectivity index (χ2n) is 6.13. The molecule has 1 aromatic carbocycles. The molecular formula is C18H13Cl3N6O2S2. The van der Waals surface area contributed by atoms with Crippen molar-refractivity contribution in [2.24, 2.45) is 0 Å². The van der Waals surface area contributed by atoms with Gasteiger partial charge in [-0.05, 0) is 24.6 Å². The van der Waals surface area contributed by atoms with Crippen LogP contribution in [0.3, 0.4) is 0 Å². The van der Waals surface area contributed by atoms with E-state index in [0.29, 0.717) is 54.4 Å². The molecule has 13 heteroatoms. The van der Waals surface area contributed by atoms with Crippen LogP contribution in [0.25, 0.3) is 21.9 Å². The average molecular weight is 516 g/mol. The number of benzene rings is 1. The Morgan fingerprint density at radius 3 is 2.71 bits per heavy atom.